The summed E-state index contributed by atoms with van der Waals surface area (Å²) in [6.45, 7) is 2.19. The van der Waals surface area contributed by atoms with E-state index in [9.17, 15) is 28.1 Å². The normalized spacial score (nSPS) is 15.4. The molecule has 0 saturated heterocycles. The van der Waals surface area contributed by atoms with Gasteiger partial charge in [0.1, 0.15) is 11.4 Å². The molecule has 3 rings (SSSR count). The molecule has 1 unspecified atom stereocenters. The molecule has 2 amide bonds. The van der Waals surface area contributed by atoms with Gasteiger partial charge in [-0.3, -0.25) is 19.7 Å². The highest BCUT2D eigenvalue weighted by Crippen LogP contribution is 2.33. The summed E-state index contributed by atoms with van der Waals surface area (Å²) in [6.07, 6.45) is 0.395. The minimum atomic E-state index is -3.58. The summed E-state index contributed by atoms with van der Waals surface area (Å²) >= 11 is 0. The van der Waals surface area contributed by atoms with Crippen molar-refractivity contribution >= 4 is 38.7 Å². The van der Waals surface area contributed by atoms with E-state index in [1.54, 1.807) is 31.2 Å². The smallest absolute Gasteiger partial charge is 0.293 e. The Labute approximate surface area is 190 Å². The first kappa shape index (κ1) is 24.0. The predicted octanol–water partition coefficient (Wildman–Crippen LogP) is 1.73. The maximum Gasteiger partial charge on any atom is 0.293 e. The minimum Gasteiger partial charge on any atom is -0.479 e. The third kappa shape index (κ3) is 5.77. The summed E-state index contributed by atoms with van der Waals surface area (Å²) in [5.74, 6) is 0.0638. The first-order valence-corrected chi connectivity index (χ1v) is 12.0. The van der Waals surface area contributed by atoms with Crippen LogP contribution in [0.5, 0.6) is 5.75 Å². The number of nitro groups is 1. The molecule has 0 saturated carbocycles. The molecule has 2 aromatic rings. The number of nitrogens with zero attached hydrogens (tertiary/aromatic N) is 2. The van der Waals surface area contributed by atoms with Gasteiger partial charge in [-0.2, -0.15) is 0 Å². The maximum atomic E-state index is 12.5. The highest BCUT2D eigenvalue weighted by atomic mass is 32.2. The molecular formula is C21H24N4O7S. The molecule has 33 heavy (non-hydrogen) atoms. The number of hydrogen-bond donors (Lipinski definition) is 2. The lowest BCUT2D eigenvalue weighted by Crippen LogP contribution is -2.46. The molecular weight excluding hydrogens is 452 g/mol. The van der Waals surface area contributed by atoms with E-state index in [0.717, 1.165) is 12.3 Å². The second-order valence-corrected chi connectivity index (χ2v) is 9.47. The number of para-hydroxylation sites is 2. The molecule has 2 N–H and O–H groups in total. The van der Waals surface area contributed by atoms with Gasteiger partial charge >= 0.3 is 0 Å². The Morgan fingerprint density at radius 2 is 1.94 bits per heavy atom. The fraction of sp³-hybridized carbons (Fsp3) is 0.333. The number of carbonyl (C=O) groups is 2. The van der Waals surface area contributed by atoms with E-state index in [2.05, 4.69) is 10.6 Å². The summed E-state index contributed by atoms with van der Waals surface area (Å²) in [4.78, 5) is 36.7. The topological polar surface area (TPSA) is 148 Å². The maximum absolute atomic E-state index is 12.5. The fourth-order valence-electron chi connectivity index (χ4n) is 3.33. The monoisotopic (exact) mass is 476 g/mol. The van der Waals surface area contributed by atoms with Crippen LogP contribution in [0.4, 0.5) is 17.1 Å². The number of amides is 2. The van der Waals surface area contributed by atoms with Gasteiger partial charge in [0, 0.05) is 38.4 Å². The molecule has 1 heterocycles. The number of fused-ring (bicyclic) bond motifs is 1. The third-order valence-electron chi connectivity index (χ3n) is 4.99. The molecule has 0 radical (unpaired) electrons. The SMILES string of the molecule is CC1Oc2ccccc2N(CCC(=O)NCCNc2ccc(S(C)(=O)=O)cc2[N+](=O)[O-])C1=O. The Morgan fingerprint density at radius 3 is 2.64 bits per heavy atom. The van der Waals surface area contributed by atoms with Crippen molar-refractivity contribution < 1.29 is 27.7 Å². The first-order valence-electron chi connectivity index (χ1n) is 10.1. The van der Waals surface area contributed by atoms with E-state index in [1.807, 2.05) is 0 Å². The van der Waals surface area contributed by atoms with Gasteiger partial charge in [0.25, 0.3) is 11.6 Å². The standard InChI is InChI=1S/C21H24N4O7S/c1-14-21(27)24(17-5-3-4-6-19(17)32-14)12-9-20(26)23-11-10-22-16-8-7-15(33(2,30)31)13-18(16)25(28)29/h3-8,13-14,22H,9-12H2,1-2H3,(H,23,26). The third-order valence-corrected chi connectivity index (χ3v) is 6.10. The zero-order valence-corrected chi connectivity index (χ0v) is 18.9. The van der Waals surface area contributed by atoms with Crippen LogP contribution in [0.2, 0.25) is 0 Å². The van der Waals surface area contributed by atoms with Crippen molar-refractivity contribution in [3.63, 3.8) is 0 Å². The van der Waals surface area contributed by atoms with Crippen LogP contribution < -0.4 is 20.3 Å². The Kier molecular flexibility index (Phi) is 7.16. The molecule has 0 spiro atoms. The number of rotatable bonds is 9. The van der Waals surface area contributed by atoms with Gasteiger partial charge in [0.15, 0.2) is 15.9 Å². The largest absolute Gasteiger partial charge is 0.479 e. The molecule has 1 aliphatic heterocycles. The summed E-state index contributed by atoms with van der Waals surface area (Å²) in [5, 5.41) is 16.8. The molecule has 176 valence electrons. The average Bonchev–Trinajstić information content (AvgIpc) is 2.76. The second kappa shape index (κ2) is 9.86. The Bertz CT molecular complexity index is 1180. The van der Waals surface area contributed by atoms with Gasteiger partial charge in [0.2, 0.25) is 5.91 Å². The van der Waals surface area contributed by atoms with Gasteiger partial charge in [0.05, 0.1) is 15.5 Å². The number of sulfone groups is 1. The Hall–Kier alpha value is -3.67. The van der Waals surface area contributed by atoms with Crippen molar-refractivity contribution in [2.75, 3.05) is 36.1 Å². The summed E-state index contributed by atoms with van der Waals surface area (Å²) in [7, 11) is -3.58. The Balaban J connectivity index is 1.52. The predicted molar refractivity (Wildman–Crippen MR) is 121 cm³/mol. The Morgan fingerprint density at radius 1 is 1.21 bits per heavy atom. The fourth-order valence-corrected chi connectivity index (χ4v) is 3.97. The number of hydrogen-bond acceptors (Lipinski definition) is 8. The van der Waals surface area contributed by atoms with E-state index < -0.39 is 20.9 Å². The lowest BCUT2D eigenvalue weighted by atomic mass is 10.1. The van der Waals surface area contributed by atoms with E-state index in [0.29, 0.717) is 11.4 Å². The van der Waals surface area contributed by atoms with Crippen LogP contribution in [-0.4, -0.2) is 57.1 Å². The second-order valence-electron chi connectivity index (χ2n) is 7.45. The lowest BCUT2D eigenvalue weighted by Gasteiger charge is -2.32. The zero-order chi connectivity index (χ0) is 24.2. The summed E-state index contributed by atoms with van der Waals surface area (Å²) in [6, 6.07) is 10.7. The van der Waals surface area contributed by atoms with E-state index >= 15 is 0 Å². The van der Waals surface area contributed by atoms with Crippen LogP contribution in [0.25, 0.3) is 0 Å². The number of ether oxygens (including phenoxy) is 1. The molecule has 0 aliphatic carbocycles. The molecule has 1 atom stereocenters. The van der Waals surface area contributed by atoms with Crippen LogP contribution in [0, 0.1) is 10.1 Å². The molecule has 0 aromatic heterocycles. The molecule has 0 bridgehead atoms. The number of benzene rings is 2. The van der Waals surface area contributed by atoms with Crippen LogP contribution in [0.3, 0.4) is 0 Å². The highest BCUT2D eigenvalue weighted by molar-refractivity contribution is 7.90. The van der Waals surface area contributed by atoms with Crippen molar-refractivity contribution in [2.24, 2.45) is 0 Å². The highest BCUT2D eigenvalue weighted by Gasteiger charge is 2.31. The van der Waals surface area contributed by atoms with Gasteiger partial charge in [-0.15, -0.1) is 0 Å². The lowest BCUT2D eigenvalue weighted by molar-refractivity contribution is -0.384. The average molecular weight is 477 g/mol. The van der Waals surface area contributed by atoms with Crippen molar-refractivity contribution in [2.45, 2.75) is 24.3 Å². The van der Waals surface area contributed by atoms with Crippen molar-refractivity contribution in [3.8, 4) is 5.75 Å². The first-order chi connectivity index (χ1) is 15.6. The minimum absolute atomic E-state index is 0.0655. The molecule has 2 aromatic carbocycles. The quantitative estimate of drug-likeness (QED) is 0.316. The number of carbonyl (C=O) groups excluding carboxylic acids is 2. The van der Waals surface area contributed by atoms with Gasteiger partial charge in [-0.05, 0) is 31.2 Å². The van der Waals surface area contributed by atoms with E-state index in [4.69, 9.17) is 4.74 Å². The summed E-state index contributed by atoms with van der Waals surface area (Å²) in [5.41, 5.74) is 0.383. The van der Waals surface area contributed by atoms with Crippen molar-refractivity contribution in [3.05, 3.63) is 52.6 Å². The van der Waals surface area contributed by atoms with Gasteiger partial charge in [-0.25, -0.2) is 8.42 Å². The van der Waals surface area contributed by atoms with Crippen LogP contribution in [0.15, 0.2) is 47.4 Å². The molecule has 12 heteroatoms. The van der Waals surface area contributed by atoms with Gasteiger partial charge in [-0.1, -0.05) is 12.1 Å². The summed E-state index contributed by atoms with van der Waals surface area (Å²) < 4.78 is 28.8. The van der Waals surface area contributed by atoms with Crippen LogP contribution >= 0.6 is 0 Å². The number of nitro benzene ring substituents is 1. The molecule has 0 fully saturated rings. The zero-order valence-electron chi connectivity index (χ0n) is 18.1. The molecule has 1 aliphatic rings. The van der Waals surface area contributed by atoms with Crippen LogP contribution in [-0.2, 0) is 19.4 Å². The van der Waals surface area contributed by atoms with E-state index in [-0.39, 0.29) is 54.1 Å². The van der Waals surface area contributed by atoms with Crippen molar-refractivity contribution in [1.82, 2.24) is 5.32 Å². The van der Waals surface area contributed by atoms with Crippen LogP contribution in [0.1, 0.15) is 13.3 Å². The molecule has 11 nitrogen and oxygen atoms in total. The van der Waals surface area contributed by atoms with Crippen molar-refractivity contribution in [1.29, 1.82) is 0 Å². The van der Waals surface area contributed by atoms with Gasteiger partial charge < -0.3 is 20.3 Å². The number of nitrogens with one attached hydrogen (secondary N) is 2. The number of anilines is 2. The van der Waals surface area contributed by atoms with E-state index in [1.165, 1.54) is 17.0 Å².